The SMILES string of the molecule is CC(C)(C)OC(=O)N1CCN(C(=O)[C@H]2CC[C@H](NS(=O)(=O)c3ccc4c(c3)Cc3ccccc3-4)CC2)[C@@H](c2ccccc2)C1. The molecule has 0 bridgehead atoms. The average Bonchev–Trinajstić information content (AvgIpc) is 3.38. The molecule has 0 radical (unpaired) electrons. The molecule has 2 fully saturated rings. The number of amides is 2. The molecule has 232 valence electrons. The number of carbonyl (C=O) groups is 2. The number of nitrogens with zero attached hydrogens (tertiary/aromatic N) is 2. The minimum Gasteiger partial charge on any atom is -0.444 e. The molecular formula is C35H41N3O5S. The topological polar surface area (TPSA) is 96.0 Å². The maximum atomic E-state index is 13.9. The molecule has 0 unspecified atom stereocenters. The number of carbonyl (C=O) groups excluding carboxylic acids is 2. The van der Waals surface area contributed by atoms with Gasteiger partial charge in [-0.3, -0.25) is 4.79 Å². The van der Waals surface area contributed by atoms with Gasteiger partial charge in [-0.15, -0.1) is 0 Å². The van der Waals surface area contributed by atoms with Crippen LogP contribution in [0.25, 0.3) is 11.1 Å². The molecule has 1 heterocycles. The van der Waals surface area contributed by atoms with Crippen LogP contribution in [-0.4, -0.2) is 61.5 Å². The Hall–Kier alpha value is -3.69. The van der Waals surface area contributed by atoms with Crippen LogP contribution in [0.3, 0.4) is 0 Å². The Kier molecular flexibility index (Phi) is 8.28. The minimum absolute atomic E-state index is 0.0715. The van der Waals surface area contributed by atoms with Gasteiger partial charge in [-0.25, -0.2) is 17.9 Å². The maximum Gasteiger partial charge on any atom is 0.410 e. The summed E-state index contributed by atoms with van der Waals surface area (Å²) >= 11 is 0. The van der Waals surface area contributed by atoms with Gasteiger partial charge in [-0.2, -0.15) is 0 Å². The Labute approximate surface area is 260 Å². The van der Waals surface area contributed by atoms with E-state index >= 15 is 0 Å². The van der Waals surface area contributed by atoms with Crippen molar-refractivity contribution in [3.05, 3.63) is 89.5 Å². The fourth-order valence-corrected chi connectivity index (χ4v) is 8.12. The Morgan fingerprint density at radius 1 is 0.841 bits per heavy atom. The Bertz CT molecular complexity index is 1640. The van der Waals surface area contributed by atoms with Crippen LogP contribution >= 0.6 is 0 Å². The largest absolute Gasteiger partial charge is 0.444 e. The van der Waals surface area contributed by atoms with Gasteiger partial charge in [-0.1, -0.05) is 60.7 Å². The van der Waals surface area contributed by atoms with Crippen LogP contribution in [0.1, 0.15) is 69.2 Å². The summed E-state index contributed by atoms with van der Waals surface area (Å²) in [5, 5.41) is 0. The zero-order valence-corrected chi connectivity index (χ0v) is 26.5. The van der Waals surface area contributed by atoms with Gasteiger partial charge in [-0.05, 0) is 92.8 Å². The van der Waals surface area contributed by atoms with Gasteiger partial charge in [0.1, 0.15) is 5.60 Å². The summed E-state index contributed by atoms with van der Waals surface area (Å²) in [6, 6.07) is 22.9. The summed E-state index contributed by atoms with van der Waals surface area (Å²) < 4.78 is 35.3. The molecule has 3 aliphatic rings. The number of ether oxygens (including phenoxy) is 1. The van der Waals surface area contributed by atoms with E-state index < -0.39 is 15.6 Å². The normalized spacial score (nSPS) is 21.8. The van der Waals surface area contributed by atoms with Crippen LogP contribution in [0.2, 0.25) is 0 Å². The van der Waals surface area contributed by atoms with Crippen LogP contribution in [0.4, 0.5) is 4.79 Å². The van der Waals surface area contributed by atoms with Gasteiger partial charge >= 0.3 is 6.09 Å². The minimum atomic E-state index is -3.69. The van der Waals surface area contributed by atoms with Gasteiger partial charge in [0, 0.05) is 31.6 Å². The fraction of sp³-hybridized carbons (Fsp3) is 0.429. The lowest BCUT2D eigenvalue weighted by Crippen LogP contribution is -2.54. The summed E-state index contributed by atoms with van der Waals surface area (Å²) in [6.07, 6.45) is 2.78. The third-order valence-electron chi connectivity index (χ3n) is 8.97. The average molecular weight is 616 g/mol. The smallest absolute Gasteiger partial charge is 0.410 e. The molecule has 8 nitrogen and oxygen atoms in total. The second-order valence-electron chi connectivity index (χ2n) is 13.2. The molecular weight excluding hydrogens is 574 g/mol. The van der Waals surface area contributed by atoms with Gasteiger partial charge in [0.25, 0.3) is 0 Å². The van der Waals surface area contributed by atoms with Crippen molar-refractivity contribution in [1.82, 2.24) is 14.5 Å². The number of fused-ring (bicyclic) bond motifs is 3. The first-order valence-corrected chi connectivity index (χ1v) is 17.0. The lowest BCUT2D eigenvalue weighted by molar-refractivity contribution is -0.142. The summed E-state index contributed by atoms with van der Waals surface area (Å²) in [6.45, 7) is 6.74. The van der Waals surface area contributed by atoms with Crippen molar-refractivity contribution in [2.45, 2.75) is 75.5 Å². The molecule has 6 rings (SSSR count). The maximum absolute atomic E-state index is 13.9. The van der Waals surface area contributed by atoms with Gasteiger partial charge < -0.3 is 14.5 Å². The van der Waals surface area contributed by atoms with E-state index in [0.29, 0.717) is 45.3 Å². The van der Waals surface area contributed by atoms with Crippen LogP contribution in [0.5, 0.6) is 0 Å². The van der Waals surface area contributed by atoms with Crippen molar-refractivity contribution >= 4 is 22.0 Å². The molecule has 2 aliphatic carbocycles. The van der Waals surface area contributed by atoms with Crippen LogP contribution in [0, 0.1) is 5.92 Å². The van der Waals surface area contributed by atoms with E-state index in [4.69, 9.17) is 4.74 Å². The number of hydrogen-bond donors (Lipinski definition) is 1. The summed E-state index contributed by atoms with van der Waals surface area (Å²) in [4.78, 5) is 30.7. The number of rotatable bonds is 5. The first kappa shape index (κ1) is 30.3. The van der Waals surface area contributed by atoms with E-state index in [-0.39, 0.29) is 34.9 Å². The predicted molar refractivity (Wildman–Crippen MR) is 169 cm³/mol. The lowest BCUT2D eigenvalue weighted by atomic mass is 9.85. The van der Waals surface area contributed by atoms with E-state index in [2.05, 4.69) is 16.9 Å². The number of sulfonamides is 1. The van der Waals surface area contributed by atoms with Crippen molar-refractivity contribution in [1.29, 1.82) is 0 Å². The molecule has 1 aliphatic heterocycles. The third-order valence-corrected chi connectivity index (χ3v) is 10.5. The number of nitrogens with one attached hydrogen (secondary N) is 1. The monoisotopic (exact) mass is 615 g/mol. The Morgan fingerprint density at radius 2 is 1.52 bits per heavy atom. The zero-order valence-electron chi connectivity index (χ0n) is 25.7. The molecule has 1 saturated carbocycles. The van der Waals surface area contributed by atoms with Crippen molar-refractivity contribution in [2.75, 3.05) is 19.6 Å². The third kappa shape index (κ3) is 6.40. The summed E-state index contributed by atoms with van der Waals surface area (Å²) in [5.41, 5.74) is 4.89. The molecule has 9 heteroatoms. The van der Waals surface area contributed by atoms with Crippen molar-refractivity contribution in [3.8, 4) is 11.1 Å². The molecule has 3 aromatic carbocycles. The summed E-state index contributed by atoms with van der Waals surface area (Å²) in [7, 11) is -3.69. The van der Waals surface area contributed by atoms with Crippen molar-refractivity contribution in [3.63, 3.8) is 0 Å². The second kappa shape index (κ2) is 12.0. The highest BCUT2D eigenvalue weighted by Crippen LogP contribution is 2.38. The van der Waals surface area contributed by atoms with Gasteiger partial charge in [0.2, 0.25) is 15.9 Å². The highest BCUT2D eigenvalue weighted by molar-refractivity contribution is 7.89. The molecule has 1 atom stereocenters. The molecule has 2 amide bonds. The first-order chi connectivity index (χ1) is 21.0. The zero-order chi connectivity index (χ0) is 31.1. The summed E-state index contributed by atoms with van der Waals surface area (Å²) in [5.74, 6) is -0.115. The van der Waals surface area contributed by atoms with Crippen LogP contribution in [0.15, 0.2) is 77.7 Å². The molecule has 0 spiro atoms. The highest BCUT2D eigenvalue weighted by atomic mass is 32.2. The standard InChI is InChI=1S/C35H41N3O5S/c1-35(2,3)43-34(40)37-19-20-38(32(23-37)24-9-5-4-6-10-24)33(39)25-13-15-28(16-14-25)36-44(41,42)29-17-18-31-27(22-29)21-26-11-7-8-12-30(26)31/h4-12,17-18,22,25,28,32,36H,13-16,19-21,23H2,1-3H3/t25-,28-,32-/m1/s1. The van der Waals surface area contributed by atoms with E-state index in [1.807, 2.05) is 74.2 Å². The van der Waals surface area contributed by atoms with E-state index in [9.17, 15) is 18.0 Å². The van der Waals surface area contributed by atoms with E-state index in [1.165, 1.54) is 11.1 Å². The number of hydrogen-bond acceptors (Lipinski definition) is 5. The Morgan fingerprint density at radius 3 is 2.25 bits per heavy atom. The van der Waals surface area contributed by atoms with Crippen LogP contribution in [-0.2, 0) is 26.0 Å². The molecule has 1 saturated heterocycles. The molecule has 44 heavy (non-hydrogen) atoms. The molecule has 1 N–H and O–H groups in total. The van der Waals surface area contributed by atoms with E-state index in [1.54, 1.807) is 17.0 Å². The lowest BCUT2D eigenvalue weighted by Gasteiger charge is -2.43. The number of piperazine rings is 1. The van der Waals surface area contributed by atoms with Crippen LogP contribution < -0.4 is 4.72 Å². The second-order valence-corrected chi connectivity index (χ2v) is 14.9. The van der Waals surface area contributed by atoms with Crippen molar-refractivity contribution < 1.29 is 22.7 Å². The molecule has 3 aromatic rings. The highest BCUT2D eigenvalue weighted by Gasteiger charge is 2.39. The van der Waals surface area contributed by atoms with E-state index in [0.717, 1.165) is 23.1 Å². The van der Waals surface area contributed by atoms with Gasteiger partial charge in [0.15, 0.2) is 0 Å². The fourth-order valence-electron chi connectivity index (χ4n) is 6.77. The van der Waals surface area contributed by atoms with Gasteiger partial charge in [0.05, 0.1) is 10.9 Å². The van der Waals surface area contributed by atoms with Crippen molar-refractivity contribution in [2.24, 2.45) is 5.92 Å². The predicted octanol–water partition coefficient (Wildman–Crippen LogP) is 5.92. The number of benzene rings is 3. The molecule has 0 aromatic heterocycles. The Balaban J connectivity index is 1.09. The quantitative estimate of drug-likeness (QED) is 0.301. The first-order valence-electron chi connectivity index (χ1n) is 15.6.